The van der Waals surface area contributed by atoms with E-state index in [1.807, 2.05) is 35.4 Å². The van der Waals surface area contributed by atoms with Gasteiger partial charge in [0, 0.05) is 48.1 Å². The number of hydrogen-bond acceptors (Lipinski definition) is 2. The third kappa shape index (κ3) is 1.91. The van der Waals surface area contributed by atoms with Gasteiger partial charge in [0.25, 0.3) is 0 Å². The lowest BCUT2D eigenvalue weighted by Crippen LogP contribution is -2.04. The SMILES string of the molecule is OCc1cn(CCn2ccnc2)c2ccccc12. The second-order valence-electron chi connectivity index (χ2n) is 4.32. The first-order valence-electron chi connectivity index (χ1n) is 6.02. The predicted octanol–water partition coefficient (Wildman–Crippen LogP) is 2.03. The van der Waals surface area contributed by atoms with Gasteiger partial charge in [-0.3, -0.25) is 0 Å². The number of nitrogens with zero attached hydrogens (tertiary/aromatic N) is 3. The molecule has 0 saturated heterocycles. The van der Waals surface area contributed by atoms with Crippen LogP contribution in [0.2, 0.25) is 0 Å². The summed E-state index contributed by atoms with van der Waals surface area (Å²) in [4.78, 5) is 4.03. The van der Waals surface area contributed by atoms with Crippen LogP contribution >= 0.6 is 0 Å². The van der Waals surface area contributed by atoms with Gasteiger partial charge in [-0.25, -0.2) is 4.98 Å². The van der Waals surface area contributed by atoms with E-state index in [-0.39, 0.29) is 6.61 Å². The number of aliphatic hydroxyl groups is 1. The summed E-state index contributed by atoms with van der Waals surface area (Å²) in [7, 11) is 0. The molecule has 0 unspecified atom stereocenters. The lowest BCUT2D eigenvalue weighted by molar-refractivity contribution is 0.283. The summed E-state index contributed by atoms with van der Waals surface area (Å²) in [5.74, 6) is 0. The average molecular weight is 241 g/mol. The molecule has 2 aromatic heterocycles. The summed E-state index contributed by atoms with van der Waals surface area (Å²) < 4.78 is 4.23. The molecule has 92 valence electrons. The number of fused-ring (bicyclic) bond motifs is 1. The van der Waals surface area contributed by atoms with E-state index in [1.165, 1.54) is 5.52 Å². The zero-order valence-corrected chi connectivity index (χ0v) is 10.0. The molecule has 0 aliphatic rings. The molecule has 2 heterocycles. The number of aryl methyl sites for hydroxylation is 2. The Balaban J connectivity index is 1.91. The van der Waals surface area contributed by atoms with E-state index in [1.54, 1.807) is 6.20 Å². The monoisotopic (exact) mass is 241 g/mol. The first kappa shape index (κ1) is 11.0. The van der Waals surface area contributed by atoms with Crippen LogP contribution in [0.4, 0.5) is 0 Å². The van der Waals surface area contributed by atoms with Crippen molar-refractivity contribution in [2.75, 3.05) is 0 Å². The highest BCUT2D eigenvalue weighted by Gasteiger charge is 2.06. The number of benzene rings is 1. The predicted molar refractivity (Wildman–Crippen MR) is 70.1 cm³/mol. The molecule has 0 atom stereocenters. The number of rotatable bonds is 4. The van der Waals surface area contributed by atoms with E-state index < -0.39 is 0 Å². The maximum absolute atomic E-state index is 9.37. The Labute approximate surface area is 105 Å². The van der Waals surface area contributed by atoms with Gasteiger partial charge in [-0.2, -0.15) is 0 Å². The molecule has 4 heteroatoms. The van der Waals surface area contributed by atoms with Crippen molar-refractivity contribution < 1.29 is 5.11 Å². The molecule has 0 fully saturated rings. The standard InChI is InChI=1S/C14H15N3O/c18-10-12-9-17(8-7-16-6-5-15-11-16)14-4-2-1-3-13(12)14/h1-6,9,11,18H,7-8,10H2. The minimum absolute atomic E-state index is 0.0819. The van der Waals surface area contributed by atoms with E-state index in [0.29, 0.717) is 0 Å². The molecule has 0 aliphatic carbocycles. The van der Waals surface area contributed by atoms with Crippen molar-refractivity contribution in [2.45, 2.75) is 19.7 Å². The fourth-order valence-electron chi connectivity index (χ4n) is 2.28. The van der Waals surface area contributed by atoms with Crippen molar-refractivity contribution in [1.29, 1.82) is 0 Å². The maximum atomic E-state index is 9.37. The van der Waals surface area contributed by atoms with Crippen LogP contribution in [-0.4, -0.2) is 19.2 Å². The Hall–Kier alpha value is -2.07. The highest BCUT2D eigenvalue weighted by molar-refractivity contribution is 5.83. The first-order chi connectivity index (χ1) is 8.88. The van der Waals surface area contributed by atoms with E-state index in [9.17, 15) is 5.11 Å². The number of para-hydroxylation sites is 1. The van der Waals surface area contributed by atoms with Crippen LogP contribution in [0.1, 0.15) is 5.56 Å². The Kier molecular flexibility index (Phi) is 2.86. The van der Waals surface area contributed by atoms with Gasteiger partial charge in [-0.1, -0.05) is 18.2 Å². The molecule has 3 rings (SSSR count). The van der Waals surface area contributed by atoms with Gasteiger partial charge in [-0.15, -0.1) is 0 Å². The Bertz CT molecular complexity index is 640. The molecule has 0 amide bonds. The Morgan fingerprint density at radius 2 is 2.06 bits per heavy atom. The van der Waals surface area contributed by atoms with Crippen LogP contribution in [0.25, 0.3) is 10.9 Å². The Morgan fingerprint density at radius 3 is 2.83 bits per heavy atom. The van der Waals surface area contributed by atoms with Crippen LogP contribution < -0.4 is 0 Å². The molecule has 0 spiro atoms. The zero-order chi connectivity index (χ0) is 12.4. The summed E-state index contributed by atoms with van der Waals surface area (Å²) in [6.45, 7) is 1.83. The molecule has 0 radical (unpaired) electrons. The lowest BCUT2D eigenvalue weighted by Gasteiger charge is -2.05. The van der Waals surface area contributed by atoms with E-state index in [4.69, 9.17) is 0 Å². The number of imidazole rings is 1. The molecule has 0 saturated carbocycles. The smallest absolute Gasteiger partial charge is 0.0946 e. The van der Waals surface area contributed by atoms with Gasteiger partial charge in [0.15, 0.2) is 0 Å². The fourth-order valence-corrected chi connectivity index (χ4v) is 2.28. The first-order valence-corrected chi connectivity index (χ1v) is 6.02. The molecule has 18 heavy (non-hydrogen) atoms. The van der Waals surface area contributed by atoms with Gasteiger partial charge in [0.1, 0.15) is 0 Å². The number of aliphatic hydroxyl groups excluding tert-OH is 1. The molecular formula is C14H15N3O. The Morgan fingerprint density at radius 1 is 1.17 bits per heavy atom. The largest absolute Gasteiger partial charge is 0.392 e. The van der Waals surface area contributed by atoms with E-state index >= 15 is 0 Å². The molecule has 0 bridgehead atoms. The molecule has 1 N–H and O–H groups in total. The highest BCUT2D eigenvalue weighted by Crippen LogP contribution is 2.21. The summed E-state index contributed by atoms with van der Waals surface area (Å²) in [6.07, 6.45) is 7.59. The van der Waals surface area contributed by atoms with Crippen LogP contribution in [0.15, 0.2) is 49.2 Å². The maximum Gasteiger partial charge on any atom is 0.0946 e. The average Bonchev–Trinajstić information content (AvgIpc) is 3.04. The lowest BCUT2D eigenvalue weighted by atomic mass is 10.2. The highest BCUT2D eigenvalue weighted by atomic mass is 16.3. The summed E-state index contributed by atoms with van der Waals surface area (Å²) in [5.41, 5.74) is 2.15. The molecule has 4 nitrogen and oxygen atoms in total. The van der Waals surface area contributed by atoms with Crippen molar-refractivity contribution in [2.24, 2.45) is 0 Å². The van der Waals surface area contributed by atoms with Gasteiger partial charge < -0.3 is 14.2 Å². The normalized spacial score (nSPS) is 11.2. The van der Waals surface area contributed by atoms with Crippen molar-refractivity contribution in [3.05, 3.63) is 54.7 Å². The second kappa shape index (κ2) is 4.66. The molecule has 0 aliphatic heterocycles. The summed E-state index contributed by atoms with van der Waals surface area (Å²) in [6, 6.07) is 8.16. The third-order valence-electron chi connectivity index (χ3n) is 3.20. The van der Waals surface area contributed by atoms with Crippen LogP contribution in [0, 0.1) is 0 Å². The zero-order valence-electron chi connectivity index (χ0n) is 10.0. The van der Waals surface area contributed by atoms with E-state index in [0.717, 1.165) is 24.0 Å². The van der Waals surface area contributed by atoms with Crippen molar-refractivity contribution in [3.8, 4) is 0 Å². The second-order valence-corrected chi connectivity index (χ2v) is 4.32. The van der Waals surface area contributed by atoms with E-state index in [2.05, 4.69) is 21.7 Å². The molecule has 3 aromatic rings. The van der Waals surface area contributed by atoms with Gasteiger partial charge >= 0.3 is 0 Å². The quantitative estimate of drug-likeness (QED) is 0.759. The van der Waals surface area contributed by atoms with Crippen LogP contribution in [0.5, 0.6) is 0 Å². The third-order valence-corrected chi connectivity index (χ3v) is 3.20. The minimum Gasteiger partial charge on any atom is -0.392 e. The minimum atomic E-state index is 0.0819. The van der Waals surface area contributed by atoms with Crippen molar-refractivity contribution >= 4 is 10.9 Å². The van der Waals surface area contributed by atoms with Gasteiger partial charge in [-0.05, 0) is 6.07 Å². The number of hydrogen-bond donors (Lipinski definition) is 1. The summed E-state index contributed by atoms with van der Waals surface area (Å²) >= 11 is 0. The molecular weight excluding hydrogens is 226 g/mol. The van der Waals surface area contributed by atoms with Crippen molar-refractivity contribution in [3.63, 3.8) is 0 Å². The fraction of sp³-hybridized carbons (Fsp3) is 0.214. The summed E-state index contributed by atoms with van der Waals surface area (Å²) in [5, 5.41) is 10.5. The van der Waals surface area contributed by atoms with Crippen LogP contribution in [0.3, 0.4) is 0 Å². The van der Waals surface area contributed by atoms with Crippen LogP contribution in [-0.2, 0) is 19.7 Å². The topological polar surface area (TPSA) is 43.0 Å². The van der Waals surface area contributed by atoms with Gasteiger partial charge in [0.05, 0.1) is 12.9 Å². The molecule has 1 aromatic carbocycles. The van der Waals surface area contributed by atoms with Crippen molar-refractivity contribution in [1.82, 2.24) is 14.1 Å². The van der Waals surface area contributed by atoms with Gasteiger partial charge in [0.2, 0.25) is 0 Å². The number of aromatic nitrogens is 3.